The van der Waals surface area contributed by atoms with Crippen molar-refractivity contribution < 1.29 is 28.6 Å². The first kappa shape index (κ1) is 17.9. The molecule has 130 valence electrons. The highest BCUT2D eigenvalue weighted by atomic mass is 35.5. The van der Waals surface area contributed by atoms with Gasteiger partial charge in [0, 0.05) is 12.1 Å². The van der Waals surface area contributed by atoms with Gasteiger partial charge in [-0.15, -0.1) is 0 Å². The number of nitrogens with zero attached hydrogens (tertiary/aromatic N) is 2. The van der Waals surface area contributed by atoms with E-state index >= 15 is 0 Å². The number of carbonyl (C=O) groups is 2. The Balaban J connectivity index is 1.93. The van der Waals surface area contributed by atoms with Crippen molar-refractivity contribution in [2.75, 3.05) is 11.9 Å². The minimum Gasteiger partial charge on any atom is -0.450 e. The van der Waals surface area contributed by atoms with Crippen LogP contribution in [-0.4, -0.2) is 28.3 Å². The summed E-state index contributed by atoms with van der Waals surface area (Å²) in [5.41, 5.74) is -0.171. The number of nitrogens with one attached hydrogen (secondary N) is 1. The molecule has 0 bridgehead atoms. The zero-order valence-corrected chi connectivity index (χ0v) is 12.9. The molecule has 0 aliphatic heterocycles. The fraction of sp³-hybridized carbons (Fsp3) is 0.0769. The molecule has 0 radical (unpaired) electrons. The molecule has 1 N–H and O–H groups in total. The Kier molecular flexibility index (Phi) is 5.29. The molecule has 0 unspecified atom stereocenters. The molecule has 11 nitrogen and oxygen atoms in total. The van der Waals surface area contributed by atoms with Crippen LogP contribution in [0.5, 0.6) is 0 Å². The predicted octanol–water partition coefficient (Wildman–Crippen LogP) is 2.54. The van der Waals surface area contributed by atoms with Gasteiger partial charge in [-0.05, 0) is 12.1 Å². The van der Waals surface area contributed by atoms with Gasteiger partial charge in [0.15, 0.2) is 6.61 Å². The number of esters is 1. The molecule has 2 aromatic rings. The van der Waals surface area contributed by atoms with Crippen LogP contribution in [0.1, 0.15) is 10.6 Å². The number of nitro benzene ring substituents is 1. The Morgan fingerprint density at radius 3 is 2.44 bits per heavy atom. The van der Waals surface area contributed by atoms with E-state index in [0.717, 1.165) is 24.3 Å². The van der Waals surface area contributed by atoms with Crippen molar-refractivity contribution in [3.05, 3.63) is 61.3 Å². The van der Waals surface area contributed by atoms with Crippen LogP contribution in [0.2, 0.25) is 5.02 Å². The smallest absolute Gasteiger partial charge is 0.433 e. The molecule has 0 saturated heterocycles. The number of carbonyl (C=O) groups excluding carboxylic acids is 2. The van der Waals surface area contributed by atoms with Crippen LogP contribution in [0.3, 0.4) is 0 Å². The van der Waals surface area contributed by atoms with Crippen LogP contribution >= 0.6 is 11.6 Å². The average Bonchev–Trinajstić information content (AvgIpc) is 3.04. The molecule has 25 heavy (non-hydrogen) atoms. The second kappa shape index (κ2) is 7.40. The fourth-order valence-corrected chi connectivity index (χ4v) is 1.87. The Hall–Kier alpha value is -3.47. The van der Waals surface area contributed by atoms with E-state index in [1.165, 1.54) is 6.07 Å². The van der Waals surface area contributed by atoms with Gasteiger partial charge in [-0.3, -0.25) is 25.0 Å². The minimum absolute atomic E-state index is 0.0736. The Morgan fingerprint density at radius 2 is 1.88 bits per heavy atom. The molecule has 0 aliphatic carbocycles. The number of nitro groups is 2. The molecule has 0 aliphatic rings. The number of rotatable bonds is 6. The molecule has 12 heteroatoms. The van der Waals surface area contributed by atoms with Gasteiger partial charge in [0.05, 0.1) is 21.7 Å². The molecule has 0 saturated carbocycles. The van der Waals surface area contributed by atoms with E-state index in [2.05, 4.69) is 14.5 Å². The number of furan rings is 1. The quantitative estimate of drug-likeness (QED) is 0.462. The van der Waals surface area contributed by atoms with E-state index in [0.29, 0.717) is 0 Å². The zero-order valence-electron chi connectivity index (χ0n) is 12.1. The molecule has 1 heterocycles. The van der Waals surface area contributed by atoms with Crippen molar-refractivity contribution in [1.82, 2.24) is 0 Å². The Morgan fingerprint density at radius 1 is 1.16 bits per heavy atom. The van der Waals surface area contributed by atoms with Crippen molar-refractivity contribution in [1.29, 1.82) is 0 Å². The predicted molar refractivity (Wildman–Crippen MR) is 82.4 cm³/mol. The third-order valence-corrected chi connectivity index (χ3v) is 3.06. The van der Waals surface area contributed by atoms with Crippen LogP contribution in [0.15, 0.2) is 34.7 Å². The molecular weight excluding hydrogens is 362 g/mol. The van der Waals surface area contributed by atoms with E-state index in [9.17, 15) is 29.8 Å². The standard InChI is InChI=1S/C13H8ClN3O8/c14-8-5-7(16(20)21)1-2-9(8)15-11(18)6-24-13(19)10-3-4-12(25-10)17(22)23/h1-5H,6H2,(H,15,18). The molecule has 0 fully saturated rings. The van der Waals surface area contributed by atoms with Crippen LogP contribution in [0, 0.1) is 20.2 Å². The summed E-state index contributed by atoms with van der Waals surface area (Å²) in [6.45, 7) is -0.722. The van der Waals surface area contributed by atoms with Gasteiger partial charge < -0.3 is 14.5 Å². The molecule has 1 aromatic carbocycles. The fourth-order valence-electron chi connectivity index (χ4n) is 1.64. The summed E-state index contributed by atoms with van der Waals surface area (Å²) in [5, 5.41) is 23.3. The highest BCUT2D eigenvalue weighted by Crippen LogP contribution is 2.26. The summed E-state index contributed by atoms with van der Waals surface area (Å²) < 4.78 is 9.26. The van der Waals surface area contributed by atoms with Gasteiger partial charge in [0.1, 0.15) is 4.92 Å². The van der Waals surface area contributed by atoms with Gasteiger partial charge in [-0.1, -0.05) is 11.6 Å². The molecule has 2 rings (SSSR count). The number of hydrogen-bond donors (Lipinski definition) is 1. The first-order chi connectivity index (χ1) is 11.8. The summed E-state index contributed by atoms with van der Waals surface area (Å²) in [6.07, 6.45) is 0. The van der Waals surface area contributed by atoms with E-state index in [1.807, 2.05) is 0 Å². The van der Waals surface area contributed by atoms with Crippen LogP contribution in [0.4, 0.5) is 17.3 Å². The molecule has 1 aromatic heterocycles. The summed E-state index contributed by atoms with van der Waals surface area (Å²) in [4.78, 5) is 42.9. The lowest BCUT2D eigenvalue weighted by Gasteiger charge is -2.07. The number of ether oxygens (including phenoxy) is 1. The van der Waals surface area contributed by atoms with Gasteiger partial charge in [0.25, 0.3) is 11.6 Å². The first-order valence-electron chi connectivity index (χ1n) is 6.43. The average molecular weight is 370 g/mol. The molecule has 0 spiro atoms. The molecular formula is C13H8ClN3O8. The van der Waals surface area contributed by atoms with E-state index in [-0.39, 0.29) is 16.4 Å². The maximum absolute atomic E-state index is 11.7. The van der Waals surface area contributed by atoms with Crippen LogP contribution < -0.4 is 5.32 Å². The van der Waals surface area contributed by atoms with Gasteiger partial charge in [-0.2, -0.15) is 0 Å². The number of benzene rings is 1. The lowest BCUT2D eigenvalue weighted by Crippen LogP contribution is -2.21. The summed E-state index contributed by atoms with van der Waals surface area (Å²) in [5.74, 6) is -2.93. The number of non-ortho nitro benzene ring substituents is 1. The Bertz CT molecular complexity index is 863. The monoisotopic (exact) mass is 369 g/mol. The number of hydrogen-bond acceptors (Lipinski definition) is 8. The minimum atomic E-state index is -1.07. The SMILES string of the molecule is O=C(COC(=O)c1ccc([N+](=O)[O-])o1)Nc1ccc([N+](=O)[O-])cc1Cl. The summed E-state index contributed by atoms with van der Waals surface area (Å²) in [6, 6.07) is 5.40. The highest BCUT2D eigenvalue weighted by molar-refractivity contribution is 6.34. The van der Waals surface area contributed by atoms with E-state index in [1.54, 1.807) is 0 Å². The second-order valence-electron chi connectivity index (χ2n) is 4.44. The molecule has 0 atom stereocenters. The lowest BCUT2D eigenvalue weighted by atomic mass is 10.3. The topological polar surface area (TPSA) is 155 Å². The van der Waals surface area contributed by atoms with Crippen molar-refractivity contribution in [3.8, 4) is 0 Å². The third-order valence-electron chi connectivity index (χ3n) is 2.74. The normalized spacial score (nSPS) is 10.1. The van der Waals surface area contributed by atoms with E-state index in [4.69, 9.17) is 11.6 Å². The Labute approximate surface area is 143 Å². The zero-order chi connectivity index (χ0) is 18.6. The van der Waals surface area contributed by atoms with Crippen LogP contribution in [-0.2, 0) is 9.53 Å². The van der Waals surface area contributed by atoms with Crippen molar-refractivity contribution in [2.45, 2.75) is 0 Å². The van der Waals surface area contributed by atoms with Gasteiger partial charge in [-0.25, -0.2) is 4.79 Å². The molecule has 1 amide bonds. The van der Waals surface area contributed by atoms with Crippen molar-refractivity contribution in [2.24, 2.45) is 0 Å². The van der Waals surface area contributed by atoms with Crippen LogP contribution in [0.25, 0.3) is 0 Å². The van der Waals surface area contributed by atoms with E-state index < -0.39 is 40.0 Å². The number of amides is 1. The summed E-state index contributed by atoms with van der Waals surface area (Å²) >= 11 is 5.80. The lowest BCUT2D eigenvalue weighted by molar-refractivity contribution is -0.402. The maximum Gasteiger partial charge on any atom is 0.433 e. The number of halogens is 1. The third kappa shape index (κ3) is 4.51. The number of anilines is 1. The summed E-state index contributed by atoms with van der Waals surface area (Å²) in [7, 11) is 0. The first-order valence-corrected chi connectivity index (χ1v) is 6.81. The van der Waals surface area contributed by atoms with Gasteiger partial charge >= 0.3 is 11.9 Å². The highest BCUT2D eigenvalue weighted by Gasteiger charge is 2.19. The second-order valence-corrected chi connectivity index (χ2v) is 4.85. The van der Waals surface area contributed by atoms with Gasteiger partial charge in [0.2, 0.25) is 5.76 Å². The maximum atomic E-state index is 11.7. The largest absolute Gasteiger partial charge is 0.450 e. The van der Waals surface area contributed by atoms with Crippen molar-refractivity contribution in [3.63, 3.8) is 0 Å². The van der Waals surface area contributed by atoms with Crippen molar-refractivity contribution >= 4 is 40.7 Å².